The van der Waals surface area contributed by atoms with Crippen LogP contribution in [0.15, 0.2) is 48.5 Å². The molecule has 2 aliphatic rings. The van der Waals surface area contributed by atoms with Gasteiger partial charge in [-0.25, -0.2) is 4.79 Å². The molecule has 2 amide bonds. The number of rotatable bonds is 4. The summed E-state index contributed by atoms with van der Waals surface area (Å²) in [6, 6.07) is 16.7. The molecule has 0 bridgehead atoms. The Hall–Kier alpha value is -2.33. The average molecular weight is 336 g/mol. The minimum Gasteiger partial charge on any atom is -0.395 e. The topological polar surface area (TPSA) is 52.6 Å². The molecule has 25 heavy (non-hydrogen) atoms. The van der Waals surface area contributed by atoms with Gasteiger partial charge in [0, 0.05) is 6.54 Å². The molecule has 0 saturated heterocycles. The van der Waals surface area contributed by atoms with Gasteiger partial charge in [0.05, 0.1) is 18.7 Å². The molecule has 2 N–H and O–H groups in total. The molecular formula is C21H24N2O2. The molecular weight excluding hydrogens is 312 g/mol. The number of aliphatic hydroxyl groups is 1. The first-order valence-electron chi connectivity index (χ1n) is 9.11. The lowest BCUT2D eigenvalue weighted by atomic mass is 10.1. The highest BCUT2D eigenvalue weighted by Gasteiger charge is 2.32. The first-order chi connectivity index (χ1) is 12.3. The monoisotopic (exact) mass is 336 g/mol. The third-order valence-corrected chi connectivity index (χ3v) is 5.51. The summed E-state index contributed by atoms with van der Waals surface area (Å²) < 4.78 is 0. The zero-order chi connectivity index (χ0) is 17.2. The quantitative estimate of drug-likeness (QED) is 0.899. The minimum absolute atomic E-state index is 0.0205. The molecule has 0 radical (unpaired) electrons. The predicted molar refractivity (Wildman–Crippen MR) is 97.3 cm³/mol. The van der Waals surface area contributed by atoms with E-state index in [2.05, 4.69) is 35.6 Å². The van der Waals surface area contributed by atoms with Crippen LogP contribution in [0.5, 0.6) is 0 Å². The van der Waals surface area contributed by atoms with Crippen LogP contribution in [0.25, 0.3) is 0 Å². The summed E-state index contributed by atoms with van der Waals surface area (Å²) in [7, 11) is 0. The van der Waals surface area contributed by atoms with E-state index < -0.39 is 0 Å². The molecule has 0 aliphatic heterocycles. The van der Waals surface area contributed by atoms with Crippen molar-refractivity contribution in [3.63, 3.8) is 0 Å². The van der Waals surface area contributed by atoms with Gasteiger partial charge in [-0.3, -0.25) is 0 Å². The number of nitrogens with zero attached hydrogens (tertiary/aromatic N) is 1. The van der Waals surface area contributed by atoms with Crippen molar-refractivity contribution in [3.8, 4) is 0 Å². The third kappa shape index (κ3) is 3.02. The number of amides is 2. The van der Waals surface area contributed by atoms with Crippen molar-refractivity contribution in [1.82, 2.24) is 10.2 Å². The highest BCUT2D eigenvalue weighted by Crippen LogP contribution is 2.36. The fourth-order valence-corrected chi connectivity index (χ4v) is 4.30. The Morgan fingerprint density at radius 1 is 1.00 bits per heavy atom. The highest BCUT2D eigenvalue weighted by molar-refractivity contribution is 5.76. The van der Waals surface area contributed by atoms with Gasteiger partial charge in [-0.1, -0.05) is 48.5 Å². The SMILES string of the molecule is O=C(NC1CCc2ccccc21)N(CCO)C1CCc2ccccc21. The van der Waals surface area contributed by atoms with Gasteiger partial charge < -0.3 is 15.3 Å². The number of fused-ring (bicyclic) bond motifs is 2. The van der Waals surface area contributed by atoms with E-state index in [1.165, 1.54) is 22.3 Å². The number of hydrogen-bond donors (Lipinski definition) is 2. The van der Waals surface area contributed by atoms with E-state index in [1.807, 2.05) is 23.1 Å². The summed E-state index contributed by atoms with van der Waals surface area (Å²) >= 11 is 0. The van der Waals surface area contributed by atoms with Crippen LogP contribution in [-0.2, 0) is 12.8 Å². The van der Waals surface area contributed by atoms with Crippen molar-refractivity contribution in [2.24, 2.45) is 0 Å². The Kier molecular flexibility index (Phi) is 4.45. The molecule has 0 aromatic heterocycles. The van der Waals surface area contributed by atoms with Crippen molar-refractivity contribution < 1.29 is 9.90 Å². The summed E-state index contributed by atoms with van der Waals surface area (Å²) in [5.74, 6) is 0. The Labute approximate surface area is 148 Å². The van der Waals surface area contributed by atoms with E-state index in [4.69, 9.17) is 0 Å². The Morgan fingerprint density at radius 2 is 1.64 bits per heavy atom. The molecule has 2 aromatic rings. The lowest BCUT2D eigenvalue weighted by Crippen LogP contribution is -2.44. The highest BCUT2D eigenvalue weighted by atomic mass is 16.3. The summed E-state index contributed by atoms with van der Waals surface area (Å²) in [4.78, 5) is 14.8. The van der Waals surface area contributed by atoms with Gasteiger partial charge in [-0.2, -0.15) is 0 Å². The van der Waals surface area contributed by atoms with Crippen LogP contribution in [0.1, 0.15) is 47.2 Å². The van der Waals surface area contributed by atoms with Crippen molar-refractivity contribution in [1.29, 1.82) is 0 Å². The van der Waals surface area contributed by atoms with E-state index in [-0.39, 0.29) is 24.7 Å². The van der Waals surface area contributed by atoms with Crippen LogP contribution in [0.2, 0.25) is 0 Å². The minimum atomic E-state index is -0.0718. The van der Waals surface area contributed by atoms with Crippen molar-refractivity contribution >= 4 is 6.03 Å². The van der Waals surface area contributed by atoms with Crippen molar-refractivity contribution in [3.05, 3.63) is 70.8 Å². The zero-order valence-electron chi connectivity index (χ0n) is 14.3. The van der Waals surface area contributed by atoms with E-state index in [9.17, 15) is 9.90 Å². The Morgan fingerprint density at radius 3 is 2.40 bits per heavy atom. The maximum atomic E-state index is 13.0. The van der Waals surface area contributed by atoms with Crippen molar-refractivity contribution in [2.75, 3.05) is 13.2 Å². The standard InChI is InChI=1S/C21H24N2O2/c24-14-13-23(20-12-10-16-6-2-4-8-18(16)20)21(25)22-19-11-9-15-5-1-3-7-17(15)19/h1-8,19-20,24H,9-14H2,(H,22,25). The fourth-order valence-electron chi connectivity index (χ4n) is 4.30. The maximum absolute atomic E-state index is 13.0. The van der Waals surface area contributed by atoms with Crippen LogP contribution in [0.3, 0.4) is 0 Å². The normalized spacial score (nSPS) is 20.8. The molecule has 4 heteroatoms. The number of aryl methyl sites for hydroxylation is 2. The smallest absolute Gasteiger partial charge is 0.318 e. The molecule has 0 fully saturated rings. The fraction of sp³-hybridized carbons (Fsp3) is 0.381. The Bertz CT molecular complexity index is 774. The zero-order valence-corrected chi connectivity index (χ0v) is 14.3. The molecule has 0 saturated carbocycles. The van der Waals surface area contributed by atoms with E-state index in [0.29, 0.717) is 6.54 Å². The number of carbonyl (C=O) groups excluding carboxylic acids is 1. The van der Waals surface area contributed by atoms with Gasteiger partial charge in [0.15, 0.2) is 0 Å². The van der Waals surface area contributed by atoms with Gasteiger partial charge in [-0.15, -0.1) is 0 Å². The molecule has 0 spiro atoms. The van der Waals surface area contributed by atoms with Gasteiger partial charge in [0.1, 0.15) is 0 Å². The second-order valence-electron chi connectivity index (χ2n) is 6.91. The average Bonchev–Trinajstić information content (AvgIpc) is 3.24. The molecule has 2 aromatic carbocycles. The summed E-state index contributed by atoms with van der Waals surface area (Å²) in [6.07, 6.45) is 3.86. The molecule has 4 rings (SSSR count). The van der Waals surface area contributed by atoms with Crippen LogP contribution >= 0.6 is 0 Å². The lowest BCUT2D eigenvalue weighted by Gasteiger charge is -2.31. The van der Waals surface area contributed by atoms with Gasteiger partial charge in [0.2, 0.25) is 0 Å². The molecule has 2 unspecified atom stereocenters. The number of aliphatic hydroxyl groups excluding tert-OH is 1. The first-order valence-corrected chi connectivity index (χ1v) is 9.11. The number of carbonyl (C=O) groups is 1. The predicted octanol–water partition coefficient (Wildman–Crippen LogP) is 3.37. The summed E-state index contributed by atoms with van der Waals surface area (Å²) in [5, 5.41) is 12.7. The third-order valence-electron chi connectivity index (χ3n) is 5.51. The molecule has 130 valence electrons. The van der Waals surface area contributed by atoms with Gasteiger partial charge in [-0.05, 0) is 47.9 Å². The second-order valence-corrected chi connectivity index (χ2v) is 6.91. The van der Waals surface area contributed by atoms with Crippen molar-refractivity contribution in [2.45, 2.75) is 37.8 Å². The number of hydrogen-bond acceptors (Lipinski definition) is 2. The van der Waals surface area contributed by atoms with Gasteiger partial charge >= 0.3 is 6.03 Å². The van der Waals surface area contributed by atoms with Crippen LogP contribution < -0.4 is 5.32 Å². The molecule has 4 nitrogen and oxygen atoms in total. The van der Waals surface area contributed by atoms with E-state index >= 15 is 0 Å². The number of urea groups is 1. The second kappa shape index (κ2) is 6.89. The lowest BCUT2D eigenvalue weighted by molar-refractivity contribution is 0.148. The largest absolute Gasteiger partial charge is 0.395 e. The molecule has 0 heterocycles. The first kappa shape index (κ1) is 16.2. The van der Waals surface area contributed by atoms with E-state index in [1.54, 1.807) is 0 Å². The number of nitrogens with one attached hydrogen (secondary N) is 1. The van der Waals surface area contributed by atoms with Crippen LogP contribution in [-0.4, -0.2) is 29.2 Å². The number of benzene rings is 2. The van der Waals surface area contributed by atoms with E-state index in [0.717, 1.165) is 25.7 Å². The molecule has 2 atom stereocenters. The maximum Gasteiger partial charge on any atom is 0.318 e. The Balaban J connectivity index is 1.53. The van der Waals surface area contributed by atoms with Gasteiger partial charge in [0.25, 0.3) is 0 Å². The summed E-state index contributed by atoms with van der Waals surface area (Å²) in [6.45, 7) is 0.340. The van der Waals surface area contributed by atoms with Crippen LogP contribution in [0.4, 0.5) is 4.79 Å². The van der Waals surface area contributed by atoms with Crippen LogP contribution in [0, 0.1) is 0 Å². The summed E-state index contributed by atoms with van der Waals surface area (Å²) in [5.41, 5.74) is 5.09. The molecule has 2 aliphatic carbocycles.